The number of hydrogen-bond acceptors (Lipinski definition) is 3. The van der Waals surface area contributed by atoms with Gasteiger partial charge in [0.05, 0.1) is 23.3 Å². The highest BCUT2D eigenvalue weighted by Gasteiger charge is 2.18. The van der Waals surface area contributed by atoms with E-state index >= 15 is 0 Å². The van der Waals surface area contributed by atoms with Gasteiger partial charge in [0.25, 0.3) is 0 Å². The summed E-state index contributed by atoms with van der Waals surface area (Å²) in [6, 6.07) is 10.9. The molecular formula is C20H22Cl2FN3O2. The van der Waals surface area contributed by atoms with Gasteiger partial charge in [-0.2, -0.15) is 0 Å². The average Bonchev–Trinajstić information content (AvgIpc) is 2.70. The van der Waals surface area contributed by atoms with Crippen LogP contribution in [0, 0.1) is 5.82 Å². The predicted octanol–water partition coefficient (Wildman–Crippen LogP) is 4.50. The summed E-state index contributed by atoms with van der Waals surface area (Å²) in [5, 5.41) is 3.66. The molecule has 0 atom stereocenters. The van der Waals surface area contributed by atoms with E-state index in [1.54, 1.807) is 35.2 Å². The number of amides is 2. The number of benzene rings is 2. The highest BCUT2D eigenvalue weighted by molar-refractivity contribution is 6.42. The van der Waals surface area contributed by atoms with Crippen LogP contribution in [-0.4, -0.2) is 55.2 Å². The fraction of sp³-hybridized carbons (Fsp3) is 0.350. The van der Waals surface area contributed by atoms with Crippen molar-refractivity contribution in [1.82, 2.24) is 9.80 Å². The number of ether oxygens (including phenoxy) is 1. The van der Waals surface area contributed by atoms with Gasteiger partial charge >= 0.3 is 6.03 Å². The summed E-state index contributed by atoms with van der Waals surface area (Å²) in [6.07, 6.45) is 0. The molecule has 1 aliphatic heterocycles. The molecule has 0 spiro atoms. The lowest BCUT2D eigenvalue weighted by Crippen LogP contribution is -2.44. The summed E-state index contributed by atoms with van der Waals surface area (Å²) >= 11 is 12.0. The molecule has 3 rings (SSSR count). The van der Waals surface area contributed by atoms with Crippen LogP contribution in [0.5, 0.6) is 0 Å². The van der Waals surface area contributed by atoms with Crippen LogP contribution in [0.25, 0.3) is 0 Å². The average molecular weight is 426 g/mol. The van der Waals surface area contributed by atoms with Crippen molar-refractivity contribution in [3.63, 3.8) is 0 Å². The molecular weight excluding hydrogens is 404 g/mol. The zero-order chi connectivity index (χ0) is 19.9. The van der Waals surface area contributed by atoms with Crippen molar-refractivity contribution in [2.45, 2.75) is 6.54 Å². The zero-order valence-electron chi connectivity index (χ0n) is 15.3. The van der Waals surface area contributed by atoms with Gasteiger partial charge in [-0.3, -0.25) is 4.90 Å². The molecule has 150 valence electrons. The Morgan fingerprint density at radius 3 is 2.50 bits per heavy atom. The van der Waals surface area contributed by atoms with Gasteiger partial charge in [-0.15, -0.1) is 0 Å². The van der Waals surface area contributed by atoms with Crippen molar-refractivity contribution < 1.29 is 13.9 Å². The molecule has 0 radical (unpaired) electrons. The minimum Gasteiger partial charge on any atom is -0.379 e. The summed E-state index contributed by atoms with van der Waals surface area (Å²) < 4.78 is 18.6. The van der Waals surface area contributed by atoms with Crippen molar-refractivity contribution in [1.29, 1.82) is 0 Å². The van der Waals surface area contributed by atoms with E-state index in [4.69, 9.17) is 27.9 Å². The summed E-state index contributed by atoms with van der Waals surface area (Å²) in [7, 11) is 0. The third-order valence-corrected chi connectivity index (χ3v) is 5.27. The fourth-order valence-electron chi connectivity index (χ4n) is 2.93. The van der Waals surface area contributed by atoms with E-state index in [-0.39, 0.29) is 11.8 Å². The van der Waals surface area contributed by atoms with Crippen LogP contribution >= 0.6 is 23.2 Å². The van der Waals surface area contributed by atoms with Crippen LogP contribution in [0.2, 0.25) is 10.0 Å². The number of halogens is 3. The monoisotopic (exact) mass is 425 g/mol. The molecule has 2 aromatic rings. The fourth-order valence-corrected chi connectivity index (χ4v) is 3.22. The number of carbonyl (C=O) groups excluding carboxylic acids is 1. The normalized spacial score (nSPS) is 14.7. The van der Waals surface area contributed by atoms with E-state index in [1.165, 1.54) is 12.1 Å². The first kappa shape index (κ1) is 20.9. The third kappa shape index (κ3) is 6.07. The van der Waals surface area contributed by atoms with Crippen LogP contribution in [-0.2, 0) is 11.3 Å². The molecule has 2 amide bonds. The molecule has 2 aromatic carbocycles. The lowest BCUT2D eigenvalue weighted by atomic mass is 10.2. The van der Waals surface area contributed by atoms with Gasteiger partial charge in [-0.05, 0) is 35.9 Å². The molecule has 28 heavy (non-hydrogen) atoms. The molecule has 0 bridgehead atoms. The van der Waals surface area contributed by atoms with Gasteiger partial charge in [0.15, 0.2) is 0 Å². The number of nitrogens with one attached hydrogen (secondary N) is 1. The van der Waals surface area contributed by atoms with Gasteiger partial charge < -0.3 is 15.0 Å². The van der Waals surface area contributed by atoms with Gasteiger partial charge in [0.2, 0.25) is 0 Å². The maximum Gasteiger partial charge on any atom is 0.322 e. The second-order valence-electron chi connectivity index (χ2n) is 6.56. The smallest absolute Gasteiger partial charge is 0.322 e. The molecule has 1 aliphatic rings. The highest BCUT2D eigenvalue weighted by Crippen LogP contribution is 2.25. The molecule has 1 saturated heterocycles. The highest BCUT2D eigenvalue weighted by atomic mass is 35.5. The number of morpholine rings is 1. The number of rotatable bonds is 6. The van der Waals surface area contributed by atoms with Crippen molar-refractivity contribution >= 4 is 34.9 Å². The standard InChI is InChI=1S/C20H22Cl2FN3O2/c21-18-6-5-17(13-19(18)22)24-20(27)26(8-7-25-9-11-28-12-10-25)14-15-1-3-16(23)4-2-15/h1-6,13H,7-12,14H2,(H,24,27). The number of anilines is 1. The van der Waals surface area contributed by atoms with Gasteiger partial charge in [0.1, 0.15) is 5.82 Å². The Hall–Kier alpha value is -1.86. The quantitative estimate of drug-likeness (QED) is 0.740. The van der Waals surface area contributed by atoms with Gasteiger partial charge in [0, 0.05) is 38.4 Å². The molecule has 0 saturated carbocycles. The maximum atomic E-state index is 13.2. The molecule has 0 aliphatic carbocycles. The number of carbonyl (C=O) groups is 1. The molecule has 8 heteroatoms. The minimum atomic E-state index is -0.302. The number of urea groups is 1. The number of hydrogen-bond donors (Lipinski definition) is 1. The zero-order valence-corrected chi connectivity index (χ0v) is 16.8. The van der Waals surface area contributed by atoms with Crippen LogP contribution in [0.15, 0.2) is 42.5 Å². The van der Waals surface area contributed by atoms with Crippen molar-refractivity contribution in [3.05, 3.63) is 63.9 Å². The Morgan fingerprint density at radius 1 is 1.11 bits per heavy atom. The topological polar surface area (TPSA) is 44.8 Å². The van der Waals surface area contributed by atoms with Gasteiger partial charge in [-0.25, -0.2) is 9.18 Å². The van der Waals surface area contributed by atoms with Crippen molar-refractivity contribution in [2.75, 3.05) is 44.7 Å². The minimum absolute atomic E-state index is 0.254. The predicted molar refractivity (Wildman–Crippen MR) is 110 cm³/mol. The van der Waals surface area contributed by atoms with E-state index < -0.39 is 0 Å². The summed E-state index contributed by atoms with van der Waals surface area (Å²) in [5.74, 6) is -0.302. The lowest BCUT2D eigenvalue weighted by Gasteiger charge is -2.30. The van der Waals surface area contributed by atoms with Crippen molar-refractivity contribution in [2.24, 2.45) is 0 Å². The summed E-state index contributed by atoms with van der Waals surface area (Å²) in [5.41, 5.74) is 1.42. The molecule has 1 N–H and O–H groups in total. The first-order valence-corrected chi connectivity index (χ1v) is 9.82. The summed E-state index contributed by atoms with van der Waals surface area (Å²) in [6.45, 7) is 4.74. The Kier molecular flexibility index (Phi) is 7.50. The SMILES string of the molecule is O=C(Nc1ccc(Cl)c(Cl)c1)N(CCN1CCOCC1)Cc1ccc(F)cc1. The maximum absolute atomic E-state index is 13.2. The summed E-state index contributed by atoms with van der Waals surface area (Å²) in [4.78, 5) is 16.8. The molecule has 5 nitrogen and oxygen atoms in total. The first-order valence-electron chi connectivity index (χ1n) is 9.07. The first-order chi connectivity index (χ1) is 13.5. The number of nitrogens with zero attached hydrogens (tertiary/aromatic N) is 2. The largest absolute Gasteiger partial charge is 0.379 e. The lowest BCUT2D eigenvalue weighted by molar-refractivity contribution is 0.0349. The molecule has 0 unspecified atom stereocenters. The van der Waals surface area contributed by atoms with Crippen LogP contribution in [0.3, 0.4) is 0 Å². The van der Waals surface area contributed by atoms with Crippen molar-refractivity contribution in [3.8, 4) is 0 Å². The van der Waals surface area contributed by atoms with Crippen LogP contribution in [0.1, 0.15) is 5.56 Å². The van der Waals surface area contributed by atoms with Crippen LogP contribution < -0.4 is 5.32 Å². The van der Waals surface area contributed by atoms with E-state index in [0.29, 0.717) is 42.0 Å². The molecule has 0 aromatic heterocycles. The van der Waals surface area contributed by atoms with E-state index in [9.17, 15) is 9.18 Å². The molecule has 1 fully saturated rings. The van der Waals surface area contributed by atoms with Gasteiger partial charge in [-0.1, -0.05) is 35.3 Å². The Bertz CT molecular complexity index is 799. The Balaban J connectivity index is 1.68. The van der Waals surface area contributed by atoms with Crippen LogP contribution in [0.4, 0.5) is 14.9 Å². The van der Waals surface area contributed by atoms with E-state index in [0.717, 1.165) is 25.2 Å². The second kappa shape index (κ2) is 10.1. The van der Waals surface area contributed by atoms with E-state index in [2.05, 4.69) is 10.2 Å². The second-order valence-corrected chi connectivity index (χ2v) is 7.38. The Morgan fingerprint density at radius 2 is 1.82 bits per heavy atom. The molecule has 1 heterocycles. The Labute approximate surface area is 174 Å². The third-order valence-electron chi connectivity index (χ3n) is 4.53. The van der Waals surface area contributed by atoms with E-state index in [1.807, 2.05) is 0 Å².